The standard InChI is InChI=1S/C14H17NO4/c1-2-3-9-19-14(18)15-11(12(16)13(15)17)10-7-5-4-6-8-10/h4-8,11-12,16H,2-3,9H2,1H3/t11-,12+/m0/s1. The number of carbonyl (C=O) groups is 2. The highest BCUT2D eigenvalue weighted by Crippen LogP contribution is 2.35. The van der Waals surface area contributed by atoms with E-state index in [2.05, 4.69) is 0 Å². The van der Waals surface area contributed by atoms with E-state index in [-0.39, 0.29) is 6.61 Å². The van der Waals surface area contributed by atoms with Crippen molar-refractivity contribution in [3.63, 3.8) is 0 Å². The van der Waals surface area contributed by atoms with Crippen molar-refractivity contribution < 1.29 is 19.4 Å². The van der Waals surface area contributed by atoms with Crippen LogP contribution in [-0.4, -0.2) is 34.7 Å². The van der Waals surface area contributed by atoms with Crippen molar-refractivity contribution in [3.05, 3.63) is 35.9 Å². The molecule has 5 heteroatoms. The second-order valence-corrected chi connectivity index (χ2v) is 4.48. The highest BCUT2D eigenvalue weighted by Gasteiger charge is 2.51. The number of amides is 2. The molecule has 2 atom stereocenters. The van der Waals surface area contributed by atoms with Crippen molar-refractivity contribution in [2.75, 3.05) is 6.61 Å². The van der Waals surface area contributed by atoms with Gasteiger partial charge in [0, 0.05) is 0 Å². The molecule has 1 fully saturated rings. The Labute approximate surface area is 111 Å². The predicted molar refractivity (Wildman–Crippen MR) is 68.3 cm³/mol. The average molecular weight is 263 g/mol. The highest BCUT2D eigenvalue weighted by atomic mass is 16.6. The summed E-state index contributed by atoms with van der Waals surface area (Å²) < 4.78 is 5.01. The number of carbonyl (C=O) groups excluding carboxylic acids is 2. The molecule has 1 aromatic carbocycles. The quantitative estimate of drug-likeness (QED) is 0.665. The van der Waals surface area contributed by atoms with Crippen molar-refractivity contribution in [2.45, 2.75) is 31.9 Å². The fourth-order valence-corrected chi connectivity index (χ4v) is 2.03. The predicted octanol–water partition coefficient (Wildman–Crippen LogP) is 1.87. The summed E-state index contributed by atoms with van der Waals surface area (Å²) in [7, 11) is 0. The van der Waals surface area contributed by atoms with E-state index in [1.807, 2.05) is 13.0 Å². The normalized spacial score (nSPS) is 22.0. The largest absolute Gasteiger partial charge is 0.449 e. The molecule has 2 rings (SSSR count). The summed E-state index contributed by atoms with van der Waals surface area (Å²) in [6.07, 6.45) is -0.183. The second kappa shape index (κ2) is 5.84. The maximum Gasteiger partial charge on any atom is 0.417 e. The molecule has 0 saturated carbocycles. The average Bonchev–Trinajstić information content (AvgIpc) is 2.44. The first kappa shape index (κ1) is 13.5. The molecule has 1 saturated heterocycles. The van der Waals surface area contributed by atoms with Crippen molar-refractivity contribution in [2.24, 2.45) is 0 Å². The Morgan fingerprint density at radius 3 is 2.68 bits per heavy atom. The first-order valence-electron chi connectivity index (χ1n) is 6.39. The van der Waals surface area contributed by atoms with Gasteiger partial charge in [-0.25, -0.2) is 9.69 Å². The van der Waals surface area contributed by atoms with Crippen LogP contribution >= 0.6 is 0 Å². The molecule has 1 aliphatic heterocycles. The molecule has 0 radical (unpaired) electrons. The summed E-state index contributed by atoms with van der Waals surface area (Å²) in [4.78, 5) is 24.4. The molecular weight excluding hydrogens is 246 g/mol. The van der Waals surface area contributed by atoms with E-state index in [1.165, 1.54) is 0 Å². The number of ether oxygens (including phenoxy) is 1. The summed E-state index contributed by atoms with van der Waals surface area (Å²) in [6.45, 7) is 2.27. The summed E-state index contributed by atoms with van der Waals surface area (Å²) >= 11 is 0. The fraction of sp³-hybridized carbons (Fsp3) is 0.429. The maximum absolute atomic E-state index is 11.8. The van der Waals surface area contributed by atoms with Crippen LogP contribution in [0, 0.1) is 0 Å². The maximum atomic E-state index is 11.8. The van der Waals surface area contributed by atoms with Gasteiger partial charge < -0.3 is 9.84 Å². The van der Waals surface area contributed by atoms with Crippen molar-refractivity contribution in [3.8, 4) is 0 Å². The van der Waals surface area contributed by atoms with E-state index < -0.39 is 24.1 Å². The number of imide groups is 1. The Balaban J connectivity index is 2.06. The van der Waals surface area contributed by atoms with Gasteiger partial charge in [-0.3, -0.25) is 4.79 Å². The molecule has 0 aliphatic carbocycles. The molecule has 0 unspecified atom stereocenters. The minimum atomic E-state index is -1.17. The van der Waals surface area contributed by atoms with Crippen molar-refractivity contribution >= 4 is 12.0 Å². The van der Waals surface area contributed by atoms with Crippen LogP contribution in [0.1, 0.15) is 31.4 Å². The van der Waals surface area contributed by atoms with Gasteiger partial charge >= 0.3 is 6.09 Å². The van der Waals surface area contributed by atoms with Crippen LogP contribution in [0.25, 0.3) is 0 Å². The lowest BCUT2D eigenvalue weighted by Gasteiger charge is -2.41. The summed E-state index contributed by atoms with van der Waals surface area (Å²) in [5.74, 6) is -0.602. The third kappa shape index (κ3) is 2.61. The van der Waals surface area contributed by atoms with Crippen LogP contribution in [0.15, 0.2) is 30.3 Å². The van der Waals surface area contributed by atoms with Gasteiger partial charge in [0.1, 0.15) is 6.04 Å². The molecule has 0 aromatic heterocycles. The minimum absolute atomic E-state index is 0.288. The number of hydrogen-bond donors (Lipinski definition) is 1. The van der Waals surface area contributed by atoms with Crippen LogP contribution in [0.4, 0.5) is 4.79 Å². The minimum Gasteiger partial charge on any atom is -0.449 e. The van der Waals surface area contributed by atoms with E-state index in [0.29, 0.717) is 0 Å². The number of β-lactam (4-membered cyclic amide) rings is 1. The number of aliphatic hydroxyl groups excluding tert-OH is 1. The van der Waals surface area contributed by atoms with E-state index in [4.69, 9.17) is 4.74 Å². The van der Waals surface area contributed by atoms with Crippen LogP contribution in [0.2, 0.25) is 0 Å². The Kier molecular flexibility index (Phi) is 4.16. The Hall–Kier alpha value is -1.88. The lowest BCUT2D eigenvalue weighted by Crippen LogP contribution is -2.61. The zero-order chi connectivity index (χ0) is 13.8. The van der Waals surface area contributed by atoms with Gasteiger partial charge in [-0.2, -0.15) is 0 Å². The second-order valence-electron chi connectivity index (χ2n) is 4.48. The number of aliphatic hydroxyl groups is 1. The third-order valence-corrected chi connectivity index (χ3v) is 3.13. The lowest BCUT2D eigenvalue weighted by molar-refractivity contribution is -0.162. The number of benzene rings is 1. The third-order valence-electron chi connectivity index (χ3n) is 3.13. The summed E-state index contributed by atoms with van der Waals surface area (Å²) in [5.41, 5.74) is 0.724. The monoisotopic (exact) mass is 263 g/mol. The van der Waals surface area contributed by atoms with Gasteiger partial charge in [0.15, 0.2) is 6.10 Å². The highest BCUT2D eigenvalue weighted by molar-refractivity contribution is 6.01. The Bertz CT molecular complexity index is 460. The van der Waals surface area contributed by atoms with E-state index in [9.17, 15) is 14.7 Å². The zero-order valence-corrected chi connectivity index (χ0v) is 10.8. The molecule has 102 valence electrons. The Morgan fingerprint density at radius 1 is 1.37 bits per heavy atom. The van der Waals surface area contributed by atoms with E-state index in [1.54, 1.807) is 24.3 Å². The molecule has 1 aromatic rings. The van der Waals surface area contributed by atoms with Crippen LogP contribution in [-0.2, 0) is 9.53 Å². The van der Waals surface area contributed by atoms with Gasteiger partial charge in [0.2, 0.25) is 0 Å². The summed E-state index contributed by atoms with van der Waals surface area (Å²) in [6, 6.07) is 8.33. The molecule has 5 nitrogen and oxygen atoms in total. The molecule has 0 bridgehead atoms. The molecule has 2 amide bonds. The first-order chi connectivity index (χ1) is 9.16. The van der Waals surface area contributed by atoms with Gasteiger partial charge in [-0.15, -0.1) is 0 Å². The SMILES string of the molecule is CCCCOC(=O)N1C(=O)[C@H](O)[C@@H]1c1ccccc1. The number of unbranched alkanes of at least 4 members (excludes halogenated alkanes) is 1. The van der Waals surface area contributed by atoms with Crippen LogP contribution in [0.5, 0.6) is 0 Å². The van der Waals surface area contributed by atoms with E-state index in [0.717, 1.165) is 23.3 Å². The molecule has 1 N–H and O–H groups in total. The Morgan fingerprint density at radius 2 is 2.05 bits per heavy atom. The molecular formula is C14H17NO4. The molecule has 1 heterocycles. The van der Waals surface area contributed by atoms with Crippen LogP contribution < -0.4 is 0 Å². The summed E-state index contributed by atoms with van der Waals surface area (Å²) in [5, 5.41) is 9.72. The van der Waals surface area contributed by atoms with Gasteiger partial charge in [0.25, 0.3) is 5.91 Å². The number of hydrogen-bond acceptors (Lipinski definition) is 4. The number of likely N-dealkylation sites (tertiary alicyclic amines) is 1. The van der Waals surface area contributed by atoms with Crippen LogP contribution in [0.3, 0.4) is 0 Å². The lowest BCUT2D eigenvalue weighted by atomic mass is 9.91. The molecule has 1 aliphatic rings. The zero-order valence-electron chi connectivity index (χ0n) is 10.8. The van der Waals surface area contributed by atoms with Crippen molar-refractivity contribution in [1.82, 2.24) is 4.90 Å². The molecule has 0 spiro atoms. The van der Waals surface area contributed by atoms with E-state index >= 15 is 0 Å². The smallest absolute Gasteiger partial charge is 0.417 e. The number of nitrogens with zero attached hydrogens (tertiary/aromatic N) is 1. The van der Waals surface area contributed by atoms with Gasteiger partial charge in [-0.1, -0.05) is 43.7 Å². The van der Waals surface area contributed by atoms with Gasteiger partial charge in [0.05, 0.1) is 6.61 Å². The van der Waals surface area contributed by atoms with Gasteiger partial charge in [-0.05, 0) is 12.0 Å². The first-order valence-corrected chi connectivity index (χ1v) is 6.39. The number of rotatable bonds is 4. The topological polar surface area (TPSA) is 66.8 Å². The fourth-order valence-electron chi connectivity index (χ4n) is 2.03. The van der Waals surface area contributed by atoms with Crippen molar-refractivity contribution in [1.29, 1.82) is 0 Å². The molecule has 19 heavy (non-hydrogen) atoms.